The van der Waals surface area contributed by atoms with Gasteiger partial charge in [-0.2, -0.15) is 9.97 Å². The SMILES string of the molecule is COc1nc(N)nc2c1ncn2[C@@]1([Si](C)C)O[C@H](COC(=O)C(C)C)[C@@H](OC(C)(C)C)[C@@H]1OC(C)(C)C. The first-order valence-electron chi connectivity index (χ1n) is 12.6. The monoisotopic (exact) mass is 536 g/mol. The van der Waals surface area contributed by atoms with Crippen LogP contribution in [0.15, 0.2) is 6.33 Å². The van der Waals surface area contributed by atoms with Crippen LogP contribution in [0.2, 0.25) is 13.1 Å². The highest BCUT2D eigenvalue weighted by Gasteiger charge is 2.62. The number of aromatic nitrogens is 4. The number of hydrogen-bond acceptors (Lipinski definition) is 10. The summed E-state index contributed by atoms with van der Waals surface area (Å²) in [5, 5.41) is -1.04. The van der Waals surface area contributed by atoms with Crippen LogP contribution < -0.4 is 10.5 Å². The molecule has 0 saturated carbocycles. The van der Waals surface area contributed by atoms with E-state index in [2.05, 4.69) is 28.0 Å². The quantitative estimate of drug-likeness (QED) is 0.395. The highest BCUT2D eigenvalue weighted by atomic mass is 28.3. The van der Waals surface area contributed by atoms with Crippen LogP contribution in [0.3, 0.4) is 0 Å². The number of anilines is 1. The summed E-state index contributed by atoms with van der Waals surface area (Å²) in [6, 6.07) is 0. The minimum Gasteiger partial charge on any atom is -0.479 e. The Morgan fingerprint density at radius 1 is 1.16 bits per heavy atom. The number of carbonyl (C=O) groups excluding carboxylic acids is 1. The molecule has 0 bridgehead atoms. The van der Waals surface area contributed by atoms with Gasteiger partial charge < -0.3 is 29.4 Å². The summed E-state index contributed by atoms with van der Waals surface area (Å²) in [6.07, 6.45) is -0.0856. The number of imidazole rings is 1. The van der Waals surface area contributed by atoms with Gasteiger partial charge >= 0.3 is 5.97 Å². The zero-order valence-corrected chi connectivity index (χ0v) is 24.9. The Labute approximate surface area is 221 Å². The van der Waals surface area contributed by atoms with Crippen LogP contribution >= 0.6 is 0 Å². The number of nitrogen functional groups attached to an aromatic ring is 1. The van der Waals surface area contributed by atoms with Crippen molar-refractivity contribution in [1.29, 1.82) is 0 Å². The number of methoxy groups -OCH3 is 1. The molecule has 0 spiro atoms. The van der Waals surface area contributed by atoms with Gasteiger partial charge in [0, 0.05) is 0 Å². The van der Waals surface area contributed by atoms with Gasteiger partial charge in [0.05, 0.1) is 30.6 Å². The van der Waals surface area contributed by atoms with Crippen LogP contribution in [0, 0.1) is 5.92 Å². The van der Waals surface area contributed by atoms with Gasteiger partial charge in [-0.1, -0.05) is 26.9 Å². The molecule has 0 amide bonds. The van der Waals surface area contributed by atoms with E-state index < -0.39 is 43.7 Å². The topological polar surface area (TPSA) is 133 Å². The molecule has 207 valence electrons. The number of esters is 1. The summed E-state index contributed by atoms with van der Waals surface area (Å²) < 4.78 is 33.3. The number of fused-ring (bicyclic) bond motifs is 1. The van der Waals surface area contributed by atoms with Gasteiger partial charge in [-0.15, -0.1) is 0 Å². The van der Waals surface area contributed by atoms with Crippen molar-refractivity contribution in [1.82, 2.24) is 19.5 Å². The van der Waals surface area contributed by atoms with Crippen LogP contribution in [-0.4, -0.2) is 77.5 Å². The molecule has 4 atom stereocenters. The molecule has 1 fully saturated rings. The van der Waals surface area contributed by atoms with E-state index in [-0.39, 0.29) is 30.3 Å². The van der Waals surface area contributed by atoms with Crippen molar-refractivity contribution in [2.75, 3.05) is 19.5 Å². The second-order valence-corrected chi connectivity index (χ2v) is 14.6. The smallest absolute Gasteiger partial charge is 0.308 e. The van der Waals surface area contributed by atoms with E-state index in [1.54, 1.807) is 20.2 Å². The van der Waals surface area contributed by atoms with Gasteiger partial charge in [0.25, 0.3) is 0 Å². The van der Waals surface area contributed by atoms with Gasteiger partial charge in [0.15, 0.2) is 16.5 Å². The zero-order chi connectivity index (χ0) is 27.9. The van der Waals surface area contributed by atoms with E-state index in [9.17, 15) is 4.79 Å². The van der Waals surface area contributed by atoms with Crippen molar-refractivity contribution in [3.8, 4) is 5.88 Å². The Morgan fingerprint density at radius 3 is 2.30 bits per heavy atom. The highest BCUT2D eigenvalue weighted by Crippen LogP contribution is 2.45. The van der Waals surface area contributed by atoms with Crippen molar-refractivity contribution in [2.24, 2.45) is 5.92 Å². The van der Waals surface area contributed by atoms with Gasteiger partial charge in [-0.3, -0.25) is 9.36 Å². The molecule has 1 radical (unpaired) electrons. The Kier molecular flexibility index (Phi) is 8.28. The number of carbonyl (C=O) groups is 1. The molecule has 1 aliphatic rings. The molecule has 2 N–H and O–H groups in total. The predicted molar refractivity (Wildman–Crippen MR) is 142 cm³/mol. The molecule has 3 heterocycles. The molecular formula is C25H42N5O6Si. The fourth-order valence-corrected chi connectivity index (χ4v) is 6.25. The normalized spacial score (nSPS) is 24.8. The summed E-state index contributed by atoms with van der Waals surface area (Å²) in [5.74, 6) is -0.246. The maximum atomic E-state index is 12.4. The third kappa shape index (κ3) is 6.08. The van der Waals surface area contributed by atoms with Crippen molar-refractivity contribution in [2.45, 2.75) is 103 Å². The van der Waals surface area contributed by atoms with E-state index in [0.717, 1.165) is 0 Å². The summed E-state index contributed by atoms with van der Waals surface area (Å²) in [6.45, 7) is 19.8. The molecule has 0 aromatic carbocycles. The molecule has 37 heavy (non-hydrogen) atoms. The standard InChI is InChI=1S/C25H42N5O6Si/c1-14(2)21(31)33-12-15-17(35-23(3,4)5)18(36-24(6,7)8)25(34-15,37(10)11)30-13-27-16-19(30)28-22(26)29-20(16)32-9/h13-15,17-18H,12H2,1-11H3,(H2,26,28,29)/t15-,17-,18+,25-/m1/s1. The molecule has 2 aromatic heterocycles. The highest BCUT2D eigenvalue weighted by molar-refractivity contribution is 6.58. The van der Waals surface area contributed by atoms with Gasteiger partial charge in [-0.25, -0.2) is 4.98 Å². The Morgan fingerprint density at radius 2 is 1.78 bits per heavy atom. The minimum atomic E-state index is -1.40. The maximum Gasteiger partial charge on any atom is 0.308 e. The summed E-state index contributed by atoms with van der Waals surface area (Å²) in [7, 11) is 0.112. The predicted octanol–water partition coefficient (Wildman–Crippen LogP) is 3.33. The fourth-order valence-electron chi connectivity index (χ4n) is 4.43. The number of ether oxygens (including phenoxy) is 5. The molecule has 0 unspecified atom stereocenters. The fraction of sp³-hybridized carbons (Fsp3) is 0.760. The van der Waals surface area contributed by atoms with Crippen LogP contribution in [-0.2, 0) is 29.1 Å². The van der Waals surface area contributed by atoms with E-state index in [4.69, 9.17) is 29.4 Å². The molecule has 11 nitrogen and oxygen atoms in total. The molecule has 3 rings (SSSR count). The number of nitrogens with zero attached hydrogens (tertiary/aromatic N) is 4. The van der Waals surface area contributed by atoms with Gasteiger partial charge in [0.2, 0.25) is 11.8 Å². The van der Waals surface area contributed by atoms with Crippen molar-refractivity contribution in [3.05, 3.63) is 6.33 Å². The molecular weight excluding hydrogens is 494 g/mol. The first-order chi connectivity index (χ1) is 17.0. The number of rotatable bonds is 8. The third-order valence-electron chi connectivity index (χ3n) is 5.86. The van der Waals surface area contributed by atoms with E-state index >= 15 is 0 Å². The average molecular weight is 537 g/mol. The lowest BCUT2D eigenvalue weighted by molar-refractivity contribution is -0.174. The summed E-state index contributed by atoms with van der Waals surface area (Å²) >= 11 is 0. The average Bonchev–Trinajstić information content (AvgIpc) is 3.29. The van der Waals surface area contributed by atoms with Crippen LogP contribution in [0.4, 0.5) is 5.95 Å². The van der Waals surface area contributed by atoms with Gasteiger partial charge in [-0.05, 0) is 41.5 Å². The third-order valence-corrected chi connectivity index (χ3v) is 7.94. The summed E-state index contributed by atoms with van der Waals surface area (Å²) in [5.41, 5.74) is 5.90. The Bertz CT molecular complexity index is 1110. The molecule has 2 aromatic rings. The van der Waals surface area contributed by atoms with Crippen LogP contribution in [0.1, 0.15) is 55.4 Å². The van der Waals surface area contributed by atoms with Crippen molar-refractivity contribution in [3.63, 3.8) is 0 Å². The lowest BCUT2D eigenvalue weighted by Gasteiger charge is -2.42. The minimum absolute atomic E-state index is 0.0196. The number of hydrogen-bond donors (Lipinski definition) is 1. The maximum absolute atomic E-state index is 12.4. The second-order valence-electron chi connectivity index (χ2n) is 11.9. The van der Waals surface area contributed by atoms with Crippen molar-refractivity contribution < 1.29 is 28.5 Å². The van der Waals surface area contributed by atoms with E-state index in [1.807, 2.05) is 46.1 Å². The lowest BCUT2D eigenvalue weighted by Crippen LogP contribution is -2.58. The Balaban J connectivity index is 2.25. The zero-order valence-electron chi connectivity index (χ0n) is 23.9. The van der Waals surface area contributed by atoms with E-state index in [0.29, 0.717) is 11.2 Å². The molecule has 1 aliphatic heterocycles. The Hall–Kier alpha value is -2.28. The molecule has 12 heteroatoms. The summed E-state index contributed by atoms with van der Waals surface area (Å²) in [4.78, 5) is 25.7. The molecule has 0 aliphatic carbocycles. The number of nitrogens with two attached hydrogens (primary N) is 1. The van der Waals surface area contributed by atoms with Crippen LogP contribution in [0.5, 0.6) is 5.88 Å². The van der Waals surface area contributed by atoms with Crippen LogP contribution in [0.25, 0.3) is 11.2 Å². The second kappa shape index (κ2) is 10.5. The van der Waals surface area contributed by atoms with Crippen molar-refractivity contribution >= 4 is 31.9 Å². The molecule has 1 saturated heterocycles. The van der Waals surface area contributed by atoms with E-state index in [1.165, 1.54) is 7.11 Å². The first kappa shape index (κ1) is 29.3. The van der Waals surface area contributed by atoms with Gasteiger partial charge in [0.1, 0.15) is 33.7 Å². The lowest BCUT2D eigenvalue weighted by atomic mass is 10.1. The first-order valence-corrected chi connectivity index (χ1v) is 15.1. The largest absolute Gasteiger partial charge is 0.479 e.